The van der Waals surface area contributed by atoms with Crippen molar-refractivity contribution in [3.63, 3.8) is 0 Å². The summed E-state index contributed by atoms with van der Waals surface area (Å²) in [7, 11) is 1.67. The van der Waals surface area contributed by atoms with E-state index in [0.717, 1.165) is 5.69 Å². The molecule has 66 valence electrons. The zero-order chi connectivity index (χ0) is 8.97. The van der Waals surface area contributed by atoms with Gasteiger partial charge < -0.3 is 9.88 Å². The number of nitrogens with zero attached hydrogens (tertiary/aromatic N) is 1. The number of H-pyrrole nitrogens is 1. The van der Waals surface area contributed by atoms with Crippen molar-refractivity contribution >= 4 is 6.03 Å². The lowest BCUT2D eigenvalue weighted by molar-refractivity contribution is 0.206. The SMILES string of the molecule is CN(Cc1ccc[nH]1)C(=O)NN. The normalized spacial score (nSPS) is 9.50. The number of amides is 2. The number of hydrogen-bond acceptors (Lipinski definition) is 2. The van der Waals surface area contributed by atoms with Gasteiger partial charge in [0.15, 0.2) is 0 Å². The summed E-state index contributed by atoms with van der Waals surface area (Å²) in [5.74, 6) is 4.95. The number of nitrogens with two attached hydrogens (primary N) is 1. The number of urea groups is 1. The van der Waals surface area contributed by atoms with Crippen molar-refractivity contribution in [3.05, 3.63) is 24.0 Å². The summed E-state index contributed by atoms with van der Waals surface area (Å²) in [6.07, 6.45) is 1.81. The van der Waals surface area contributed by atoms with Gasteiger partial charge in [-0.05, 0) is 12.1 Å². The van der Waals surface area contributed by atoms with Gasteiger partial charge in [0, 0.05) is 18.9 Å². The minimum Gasteiger partial charge on any atom is -0.364 e. The minimum atomic E-state index is -0.301. The van der Waals surface area contributed by atoms with Crippen LogP contribution in [0.15, 0.2) is 18.3 Å². The molecular weight excluding hydrogens is 156 g/mol. The van der Waals surface area contributed by atoms with Gasteiger partial charge in [-0.1, -0.05) is 0 Å². The van der Waals surface area contributed by atoms with Gasteiger partial charge in [-0.15, -0.1) is 0 Å². The molecule has 2 amide bonds. The topological polar surface area (TPSA) is 74.2 Å². The van der Waals surface area contributed by atoms with E-state index in [1.165, 1.54) is 4.90 Å². The van der Waals surface area contributed by atoms with Crippen molar-refractivity contribution in [2.75, 3.05) is 7.05 Å². The quantitative estimate of drug-likeness (QED) is 0.331. The van der Waals surface area contributed by atoms with Crippen LogP contribution in [0, 0.1) is 0 Å². The molecule has 1 aromatic heterocycles. The number of aromatic nitrogens is 1. The molecule has 0 aliphatic rings. The van der Waals surface area contributed by atoms with Gasteiger partial charge in [0.1, 0.15) is 0 Å². The van der Waals surface area contributed by atoms with Crippen LogP contribution in [0.25, 0.3) is 0 Å². The standard InChI is InChI=1S/C7H12N4O/c1-11(7(12)10-8)5-6-3-2-4-9-6/h2-4,9H,5,8H2,1H3,(H,10,12). The third-order valence-electron chi connectivity index (χ3n) is 1.54. The third-order valence-corrected chi connectivity index (χ3v) is 1.54. The molecule has 1 aromatic rings. The molecule has 12 heavy (non-hydrogen) atoms. The lowest BCUT2D eigenvalue weighted by Gasteiger charge is -2.14. The number of carbonyl (C=O) groups is 1. The Morgan fingerprint density at radius 1 is 1.83 bits per heavy atom. The Hall–Kier alpha value is -1.49. The van der Waals surface area contributed by atoms with Crippen molar-refractivity contribution < 1.29 is 4.79 Å². The van der Waals surface area contributed by atoms with Gasteiger partial charge in [0.25, 0.3) is 0 Å². The number of hydrazine groups is 1. The van der Waals surface area contributed by atoms with E-state index in [2.05, 4.69) is 10.4 Å². The molecule has 0 aromatic carbocycles. The summed E-state index contributed by atoms with van der Waals surface area (Å²) in [4.78, 5) is 15.4. The third kappa shape index (κ3) is 2.00. The van der Waals surface area contributed by atoms with Crippen molar-refractivity contribution in [2.24, 2.45) is 5.84 Å². The van der Waals surface area contributed by atoms with Crippen molar-refractivity contribution in [1.29, 1.82) is 0 Å². The average molecular weight is 168 g/mol. The molecular formula is C7H12N4O. The number of aromatic amines is 1. The summed E-state index contributed by atoms with van der Waals surface area (Å²) >= 11 is 0. The zero-order valence-corrected chi connectivity index (χ0v) is 6.87. The van der Waals surface area contributed by atoms with E-state index in [1.807, 2.05) is 18.3 Å². The fourth-order valence-electron chi connectivity index (χ4n) is 0.903. The van der Waals surface area contributed by atoms with Crippen LogP contribution >= 0.6 is 0 Å². The summed E-state index contributed by atoms with van der Waals surface area (Å²) < 4.78 is 0. The van der Waals surface area contributed by atoms with E-state index < -0.39 is 0 Å². The molecule has 0 radical (unpaired) electrons. The van der Waals surface area contributed by atoms with Gasteiger partial charge in [0.05, 0.1) is 6.54 Å². The second-order valence-corrected chi connectivity index (χ2v) is 2.50. The van der Waals surface area contributed by atoms with Gasteiger partial charge in [-0.2, -0.15) is 0 Å². The molecule has 0 saturated carbocycles. The second-order valence-electron chi connectivity index (χ2n) is 2.50. The van der Waals surface area contributed by atoms with Crippen LogP contribution < -0.4 is 11.3 Å². The van der Waals surface area contributed by atoms with E-state index in [0.29, 0.717) is 6.54 Å². The van der Waals surface area contributed by atoms with Crippen molar-refractivity contribution in [2.45, 2.75) is 6.54 Å². The highest BCUT2D eigenvalue weighted by atomic mass is 16.2. The number of hydrogen-bond donors (Lipinski definition) is 3. The molecule has 0 saturated heterocycles. The molecule has 0 aliphatic carbocycles. The van der Waals surface area contributed by atoms with Crippen molar-refractivity contribution in [3.8, 4) is 0 Å². The van der Waals surface area contributed by atoms with Crippen LogP contribution in [0.1, 0.15) is 5.69 Å². The molecule has 4 N–H and O–H groups in total. The van der Waals surface area contributed by atoms with Gasteiger partial charge in [-0.25, -0.2) is 10.6 Å². The van der Waals surface area contributed by atoms with E-state index in [1.54, 1.807) is 7.05 Å². The highest BCUT2D eigenvalue weighted by Gasteiger charge is 2.06. The maximum absolute atomic E-state index is 10.9. The van der Waals surface area contributed by atoms with Crippen LogP contribution in [0.3, 0.4) is 0 Å². The molecule has 5 nitrogen and oxygen atoms in total. The number of nitrogens with one attached hydrogen (secondary N) is 2. The van der Waals surface area contributed by atoms with Gasteiger partial charge >= 0.3 is 6.03 Å². The Labute approximate surface area is 70.5 Å². The first kappa shape index (κ1) is 8.61. The predicted octanol–water partition coefficient (Wildman–Crippen LogP) is 0.0298. The predicted molar refractivity (Wildman–Crippen MR) is 45.0 cm³/mol. The lowest BCUT2D eigenvalue weighted by atomic mass is 10.4. The van der Waals surface area contributed by atoms with Crippen LogP contribution in [0.2, 0.25) is 0 Å². The molecule has 0 fully saturated rings. The highest BCUT2D eigenvalue weighted by Crippen LogP contribution is 1.98. The Balaban J connectivity index is 2.47. The zero-order valence-electron chi connectivity index (χ0n) is 6.87. The summed E-state index contributed by atoms with van der Waals surface area (Å²) in [6, 6.07) is 3.48. The van der Waals surface area contributed by atoms with Crippen LogP contribution in [-0.2, 0) is 6.54 Å². The smallest absolute Gasteiger partial charge is 0.331 e. The Morgan fingerprint density at radius 2 is 2.58 bits per heavy atom. The molecule has 0 aliphatic heterocycles. The Kier molecular flexibility index (Phi) is 2.71. The Bertz CT molecular complexity index is 244. The molecule has 5 heteroatoms. The van der Waals surface area contributed by atoms with Crippen LogP contribution in [-0.4, -0.2) is 23.0 Å². The minimum absolute atomic E-state index is 0.301. The van der Waals surface area contributed by atoms with Gasteiger partial charge in [-0.3, -0.25) is 5.43 Å². The molecule has 1 rings (SSSR count). The van der Waals surface area contributed by atoms with E-state index in [9.17, 15) is 4.79 Å². The molecule has 0 bridgehead atoms. The summed E-state index contributed by atoms with van der Waals surface area (Å²) in [6.45, 7) is 0.524. The fraction of sp³-hybridized carbons (Fsp3) is 0.286. The average Bonchev–Trinajstić information content (AvgIpc) is 2.55. The van der Waals surface area contributed by atoms with Crippen LogP contribution in [0.5, 0.6) is 0 Å². The molecule has 0 atom stereocenters. The number of rotatable bonds is 2. The maximum Gasteiger partial charge on any atom is 0.331 e. The molecule has 0 spiro atoms. The van der Waals surface area contributed by atoms with E-state index in [4.69, 9.17) is 5.84 Å². The summed E-state index contributed by atoms with van der Waals surface area (Å²) in [5, 5.41) is 0. The fourth-order valence-corrected chi connectivity index (χ4v) is 0.903. The first-order valence-corrected chi connectivity index (χ1v) is 3.58. The van der Waals surface area contributed by atoms with E-state index in [-0.39, 0.29) is 6.03 Å². The van der Waals surface area contributed by atoms with Gasteiger partial charge in [0.2, 0.25) is 0 Å². The van der Waals surface area contributed by atoms with Crippen molar-refractivity contribution in [1.82, 2.24) is 15.3 Å². The summed E-state index contributed by atoms with van der Waals surface area (Å²) in [5.41, 5.74) is 3.02. The first-order chi connectivity index (χ1) is 5.74. The Morgan fingerprint density at radius 3 is 3.08 bits per heavy atom. The van der Waals surface area contributed by atoms with Crippen LogP contribution in [0.4, 0.5) is 4.79 Å². The highest BCUT2D eigenvalue weighted by molar-refractivity contribution is 5.72. The largest absolute Gasteiger partial charge is 0.364 e. The second kappa shape index (κ2) is 3.77. The monoisotopic (exact) mass is 168 g/mol. The lowest BCUT2D eigenvalue weighted by Crippen LogP contribution is -2.40. The first-order valence-electron chi connectivity index (χ1n) is 3.58. The molecule has 0 unspecified atom stereocenters. The number of carbonyl (C=O) groups excluding carboxylic acids is 1. The van der Waals surface area contributed by atoms with E-state index >= 15 is 0 Å². The molecule has 1 heterocycles. The maximum atomic E-state index is 10.9.